The van der Waals surface area contributed by atoms with Crippen molar-refractivity contribution in [3.63, 3.8) is 0 Å². The molecule has 1 fully saturated rings. The largest absolute Gasteiger partial charge is 0.508 e. The number of carboxylic acid groups (broad SMARTS) is 1. The molecule has 10 atom stereocenters. The van der Waals surface area contributed by atoms with Crippen molar-refractivity contribution in [3.05, 3.63) is 71.3 Å². The van der Waals surface area contributed by atoms with Gasteiger partial charge >= 0.3 is 18.2 Å². The quantitative estimate of drug-likeness (QED) is 0.0529. The fourth-order valence-corrected chi connectivity index (χ4v) is 11.9. The van der Waals surface area contributed by atoms with Crippen LogP contribution in [0.3, 0.4) is 0 Å². The molecule has 0 bridgehead atoms. The summed E-state index contributed by atoms with van der Waals surface area (Å²) in [6.45, 7) is 14.4. The molecular formula is C62H91N9O17S2. The molecule has 0 saturated carbocycles. The van der Waals surface area contributed by atoms with Crippen molar-refractivity contribution in [3.8, 4) is 5.75 Å². The van der Waals surface area contributed by atoms with Gasteiger partial charge in [-0.1, -0.05) is 71.0 Å². The number of phenolic OH excluding ortho intramolecular Hbond substituents is 1. The number of aromatic hydroxyl groups is 1. The third kappa shape index (κ3) is 26.6. The van der Waals surface area contributed by atoms with Gasteiger partial charge in [0.05, 0.1) is 18.2 Å². The van der Waals surface area contributed by atoms with Crippen LogP contribution in [0.5, 0.6) is 5.75 Å². The average molecular weight is 1300 g/mol. The van der Waals surface area contributed by atoms with E-state index in [9.17, 15) is 58.8 Å². The highest BCUT2D eigenvalue weighted by Crippen LogP contribution is 2.31. The summed E-state index contributed by atoms with van der Waals surface area (Å²) >= 11 is 0. The number of amides is 9. The molecule has 2 aliphatic rings. The molecule has 28 heteroatoms. The van der Waals surface area contributed by atoms with Crippen LogP contribution in [0.15, 0.2) is 54.6 Å². The lowest BCUT2D eigenvalue weighted by Gasteiger charge is -2.29. The summed E-state index contributed by atoms with van der Waals surface area (Å²) in [5.74, 6) is -10.4. The molecule has 90 heavy (non-hydrogen) atoms. The minimum atomic E-state index is -1.88. The zero-order valence-electron chi connectivity index (χ0n) is 52.7. The van der Waals surface area contributed by atoms with Gasteiger partial charge in [-0.25, -0.2) is 14.4 Å². The number of benzene rings is 2. The van der Waals surface area contributed by atoms with Crippen molar-refractivity contribution in [2.75, 3.05) is 24.6 Å². The minimum Gasteiger partial charge on any atom is -0.508 e. The number of fused-ring (bicyclic) bond motifs is 1. The zero-order chi connectivity index (χ0) is 66.9. The highest BCUT2D eigenvalue weighted by Gasteiger charge is 2.38. The molecule has 0 spiro atoms. The smallest absolute Gasteiger partial charge is 0.408 e. The van der Waals surface area contributed by atoms with Gasteiger partial charge in [0.1, 0.15) is 47.2 Å². The van der Waals surface area contributed by atoms with Crippen LogP contribution in [0.1, 0.15) is 143 Å². The summed E-state index contributed by atoms with van der Waals surface area (Å²) in [5, 5.41) is 65.1. The van der Waals surface area contributed by atoms with Crippen molar-refractivity contribution < 1.29 is 82.6 Å². The van der Waals surface area contributed by atoms with Gasteiger partial charge in [0.25, 0.3) is 0 Å². The van der Waals surface area contributed by atoms with E-state index in [1.54, 1.807) is 53.7 Å². The molecule has 498 valence electrons. The number of hydrogen-bond acceptors (Lipinski definition) is 18. The van der Waals surface area contributed by atoms with E-state index in [4.69, 9.17) is 9.47 Å². The molecule has 13 N–H and O–H groups in total. The fourth-order valence-electron chi connectivity index (χ4n) is 9.55. The Bertz CT molecular complexity index is 2840. The molecule has 0 radical (unpaired) electrons. The SMILES string of the molecule is CCCC(=O)NCCCC[C@@H](NC(=O)OC(C)(C)C)C(=O)N[C@H]1CSSC[C@@H](C(=O)N[C@H](C(=O)O)[C@@H](C)O)NC(=O)[C@H]([C@@H](C)O)NC(=O)[C@H](CCCCNC(=O)OC(C)(C)C)NC(=O)[C@@H](CC2=CCc3ccccc32)NC(=O)[C@H](Cc2ccc(O)cc2)CC1=O. The molecular weight excluding hydrogens is 1210 g/mol. The van der Waals surface area contributed by atoms with Gasteiger partial charge in [0, 0.05) is 49.8 Å². The third-order valence-electron chi connectivity index (χ3n) is 14.2. The first-order valence-electron chi connectivity index (χ1n) is 30.3. The third-order valence-corrected chi connectivity index (χ3v) is 16.6. The van der Waals surface area contributed by atoms with Crippen LogP contribution in [-0.4, -0.2) is 176 Å². The Balaban J connectivity index is 1.87. The van der Waals surface area contributed by atoms with Gasteiger partial charge in [-0.2, -0.15) is 0 Å². The van der Waals surface area contributed by atoms with E-state index in [1.165, 1.54) is 19.1 Å². The van der Waals surface area contributed by atoms with Crippen LogP contribution in [-0.2, 0) is 65.5 Å². The van der Waals surface area contributed by atoms with Crippen molar-refractivity contribution in [2.24, 2.45) is 5.92 Å². The molecule has 2 aromatic carbocycles. The van der Waals surface area contributed by atoms with E-state index in [0.29, 0.717) is 43.2 Å². The maximum atomic E-state index is 15.2. The van der Waals surface area contributed by atoms with Crippen LogP contribution in [0.2, 0.25) is 0 Å². The second-order valence-electron chi connectivity index (χ2n) is 24.4. The Kier molecular flexibility index (Phi) is 30.4. The van der Waals surface area contributed by atoms with Crippen LogP contribution < -0.4 is 47.9 Å². The number of aliphatic carboxylic acids is 1. The fraction of sp³-hybridized carbons (Fsp3) is 0.597. The Morgan fingerprint density at radius 3 is 1.98 bits per heavy atom. The van der Waals surface area contributed by atoms with E-state index in [-0.39, 0.29) is 69.0 Å². The topological polar surface area (TPSA) is 395 Å². The van der Waals surface area contributed by atoms with Crippen molar-refractivity contribution >= 4 is 92.5 Å². The summed E-state index contributed by atoms with van der Waals surface area (Å²) in [6, 6.07) is 2.13. The number of rotatable bonds is 24. The second-order valence-corrected chi connectivity index (χ2v) is 26.9. The second kappa shape index (κ2) is 36.4. The number of unbranched alkanes of at least 4 members (excludes halogenated alkanes) is 2. The Hall–Kier alpha value is -7.43. The number of alkyl carbamates (subject to hydrolysis) is 2. The highest BCUT2D eigenvalue weighted by atomic mass is 33.1. The molecule has 2 aromatic rings. The van der Waals surface area contributed by atoms with E-state index < -0.39 is 143 Å². The molecule has 26 nitrogen and oxygen atoms in total. The van der Waals surface area contributed by atoms with Gasteiger partial charge < -0.3 is 77.8 Å². The summed E-state index contributed by atoms with van der Waals surface area (Å²) in [6.07, 6.45) is -1.53. The summed E-state index contributed by atoms with van der Waals surface area (Å²) in [7, 11) is 1.79. The minimum absolute atomic E-state index is 0.00806. The first-order valence-corrected chi connectivity index (χ1v) is 32.8. The van der Waals surface area contributed by atoms with Crippen molar-refractivity contribution in [1.29, 1.82) is 0 Å². The van der Waals surface area contributed by atoms with Gasteiger partial charge in [-0.3, -0.25) is 38.4 Å². The Morgan fingerprint density at radius 2 is 1.33 bits per heavy atom. The number of ether oxygens (including phenoxy) is 2. The number of nitrogens with one attached hydrogen (secondary N) is 9. The number of carbonyl (C=O) groups excluding carboxylic acids is 10. The number of Topliss-reactive ketones (excluding diaryl/α,β-unsaturated/α-hetero) is 1. The van der Waals surface area contributed by atoms with E-state index >= 15 is 14.4 Å². The van der Waals surface area contributed by atoms with Gasteiger partial charge in [0.2, 0.25) is 41.4 Å². The number of carbonyl (C=O) groups is 11. The molecule has 1 saturated heterocycles. The molecule has 4 rings (SSSR count). The monoisotopic (exact) mass is 1300 g/mol. The van der Waals surface area contributed by atoms with Crippen molar-refractivity contribution in [2.45, 2.75) is 205 Å². The zero-order valence-corrected chi connectivity index (χ0v) is 54.3. The number of ketones is 1. The standard InChI is InChI=1S/C62H91N9O17S2/c1-10-17-49(76)63-28-15-13-21-44(69-60(86)88-62(7,8)9)53(78)67-46-33-89-90-34-47(56(81)71-51(36(3)73)58(83)84)68-57(82)50(35(2)72)70-54(79)43(20-14-16-29-64-59(85)87-61(4,5)6)65-55(80)45(31-39-25-24-38-18-11-12-19-42(38)39)66-52(77)40(32-48(46)75)30-37-22-26-41(74)27-23-37/h11-12,18-19,22-23,25-27,35-36,40,43-47,50-51,72-74H,10,13-17,20-21,24,28-34H2,1-9H3,(H,63,76)(H,64,85)(H,65,80)(H,66,77)(H,67,78)(H,68,82)(H,69,86)(H,70,79)(H,71,81)(H,83,84)/t35-,36-,40-,43+,44-,45-,46+,47+,50+,51+/m1/s1. The van der Waals surface area contributed by atoms with Crippen molar-refractivity contribution in [1.82, 2.24) is 47.9 Å². The summed E-state index contributed by atoms with van der Waals surface area (Å²) in [4.78, 5) is 153. The van der Waals surface area contributed by atoms with Gasteiger partial charge in [0.15, 0.2) is 11.8 Å². The molecule has 1 aliphatic heterocycles. The lowest BCUT2D eigenvalue weighted by molar-refractivity contribution is -0.145. The number of phenols is 1. The van der Waals surface area contributed by atoms with E-state index in [0.717, 1.165) is 39.6 Å². The van der Waals surface area contributed by atoms with E-state index in [1.807, 2.05) is 37.3 Å². The maximum Gasteiger partial charge on any atom is 0.408 e. The summed E-state index contributed by atoms with van der Waals surface area (Å²) in [5.41, 5.74) is 1.10. The van der Waals surface area contributed by atoms with Gasteiger partial charge in [-0.15, -0.1) is 0 Å². The van der Waals surface area contributed by atoms with Crippen LogP contribution in [0, 0.1) is 5.92 Å². The van der Waals surface area contributed by atoms with Gasteiger partial charge in [-0.05, 0) is 148 Å². The lowest BCUT2D eigenvalue weighted by atomic mass is 9.90. The average Bonchev–Trinajstić information content (AvgIpc) is 2.15. The first kappa shape index (κ1) is 75.0. The van der Waals surface area contributed by atoms with Crippen LogP contribution in [0.4, 0.5) is 9.59 Å². The molecule has 1 heterocycles. The molecule has 0 unspecified atom stereocenters. The Labute approximate surface area is 533 Å². The number of aliphatic hydroxyl groups excluding tert-OH is 2. The Morgan fingerprint density at radius 1 is 0.711 bits per heavy atom. The summed E-state index contributed by atoms with van der Waals surface area (Å²) < 4.78 is 10.8. The normalized spacial score (nSPS) is 21.1. The number of allylic oxidation sites excluding steroid dienone is 1. The highest BCUT2D eigenvalue weighted by molar-refractivity contribution is 8.76. The molecule has 0 aromatic heterocycles. The molecule has 9 amide bonds. The maximum absolute atomic E-state index is 15.2. The van der Waals surface area contributed by atoms with Crippen LogP contribution in [0.25, 0.3) is 5.57 Å². The predicted octanol–water partition coefficient (Wildman–Crippen LogP) is 3.36. The first-order chi connectivity index (χ1) is 42.3. The number of carboxylic acids is 1. The lowest BCUT2D eigenvalue weighted by Crippen LogP contribution is -2.62. The molecule has 1 aliphatic carbocycles. The van der Waals surface area contributed by atoms with E-state index in [2.05, 4.69) is 47.9 Å². The van der Waals surface area contributed by atoms with Crippen LogP contribution >= 0.6 is 21.6 Å². The predicted molar refractivity (Wildman–Crippen MR) is 338 cm³/mol. The number of hydrogen-bond donors (Lipinski definition) is 13. The number of aliphatic hydroxyl groups is 2.